The highest BCUT2D eigenvalue weighted by Gasteiger charge is 2.60. The molecule has 0 spiro atoms. The maximum absolute atomic E-state index is 13.2. The van der Waals surface area contributed by atoms with E-state index in [9.17, 15) is 13.2 Å². The first-order valence-electron chi connectivity index (χ1n) is 7.66. The largest absolute Gasteiger partial charge is 0.376 e. The van der Waals surface area contributed by atoms with Crippen molar-refractivity contribution in [2.24, 2.45) is 0 Å². The SMILES string of the molecule is C[SiH](C)C1(C2([SiH2]C(F)(F)F)CCCCO2)CCCCO1. The van der Waals surface area contributed by atoms with Gasteiger partial charge in [0.1, 0.15) is 0 Å². The standard InChI is InChI=1S/C13H25F3O2Si2/c1-20(2)12(8-4-6-10-18-12)11(19-13(14,15)16)7-3-5-9-17-11/h20H,3-10,19H2,1-2H3. The second-order valence-electron chi connectivity index (χ2n) is 6.44. The second kappa shape index (κ2) is 6.10. The molecule has 2 aliphatic rings. The highest BCUT2D eigenvalue weighted by Crippen LogP contribution is 2.46. The van der Waals surface area contributed by atoms with Crippen LogP contribution in [0.4, 0.5) is 13.2 Å². The maximum atomic E-state index is 13.2. The van der Waals surface area contributed by atoms with E-state index in [1.807, 2.05) is 0 Å². The topological polar surface area (TPSA) is 18.5 Å². The Hall–Kier alpha value is 0.144. The van der Waals surface area contributed by atoms with Crippen molar-refractivity contribution in [3.05, 3.63) is 0 Å². The zero-order valence-corrected chi connectivity index (χ0v) is 15.0. The highest BCUT2D eigenvalue weighted by molar-refractivity contribution is 6.62. The van der Waals surface area contributed by atoms with Gasteiger partial charge in [-0.2, -0.15) is 13.2 Å². The monoisotopic (exact) mass is 326 g/mol. The van der Waals surface area contributed by atoms with Crippen molar-refractivity contribution in [1.82, 2.24) is 0 Å². The average molecular weight is 327 g/mol. The van der Waals surface area contributed by atoms with Gasteiger partial charge in [-0.05, 0) is 38.5 Å². The molecule has 2 unspecified atom stereocenters. The van der Waals surface area contributed by atoms with Crippen molar-refractivity contribution in [3.63, 3.8) is 0 Å². The Labute approximate surface area is 122 Å². The smallest absolute Gasteiger partial charge is 0.358 e. The fourth-order valence-electron chi connectivity index (χ4n) is 3.96. The van der Waals surface area contributed by atoms with Crippen LogP contribution in [-0.2, 0) is 9.47 Å². The lowest BCUT2D eigenvalue weighted by Crippen LogP contribution is -2.70. The van der Waals surface area contributed by atoms with Gasteiger partial charge in [-0.25, -0.2) is 0 Å². The predicted octanol–water partition coefficient (Wildman–Crippen LogP) is 2.54. The first-order chi connectivity index (χ1) is 9.31. The van der Waals surface area contributed by atoms with Crippen LogP contribution in [0.5, 0.6) is 0 Å². The molecule has 0 aliphatic carbocycles. The molecular formula is C13H25F3O2Si2. The molecule has 2 atom stereocenters. The van der Waals surface area contributed by atoms with E-state index in [0.29, 0.717) is 19.6 Å². The van der Waals surface area contributed by atoms with Crippen LogP contribution in [0.15, 0.2) is 0 Å². The Balaban J connectivity index is 2.36. The molecule has 0 bridgehead atoms. The molecule has 0 aromatic carbocycles. The Morgan fingerprint density at radius 1 is 0.950 bits per heavy atom. The quantitative estimate of drug-likeness (QED) is 0.742. The predicted molar refractivity (Wildman–Crippen MR) is 78.5 cm³/mol. The maximum Gasteiger partial charge on any atom is 0.358 e. The molecule has 0 N–H and O–H groups in total. The van der Waals surface area contributed by atoms with Crippen molar-refractivity contribution < 1.29 is 22.6 Å². The summed E-state index contributed by atoms with van der Waals surface area (Å²) in [5.74, 6) is -4.06. The van der Waals surface area contributed by atoms with Gasteiger partial charge < -0.3 is 9.47 Å². The summed E-state index contributed by atoms with van der Waals surface area (Å²) in [6.07, 6.45) is 4.97. The molecule has 0 aromatic rings. The van der Waals surface area contributed by atoms with Gasteiger partial charge in [0, 0.05) is 13.2 Å². The fourth-order valence-corrected chi connectivity index (χ4v) is 9.90. The summed E-state index contributed by atoms with van der Waals surface area (Å²) >= 11 is 0. The van der Waals surface area contributed by atoms with Crippen LogP contribution in [0.1, 0.15) is 38.5 Å². The van der Waals surface area contributed by atoms with Crippen LogP contribution in [0.3, 0.4) is 0 Å². The molecule has 0 aromatic heterocycles. The van der Waals surface area contributed by atoms with Gasteiger partial charge in [0.25, 0.3) is 0 Å². The number of halogens is 3. The van der Waals surface area contributed by atoms with Crippen LogP contribution in [-0.4, -0.2) is 47.8 Å². The zero-order chi connectivity index (χ0) is 14.9. The van der Waals surface area contributed by atoms with E-state index in [4.69, 9.17) is 9.47 Å². The van der Waals surface area contributed by atoms with Crippen LogP contribution < -0.4 is 0 Å². The van der Waals surface area contributed by atoms with Crippen molar-refractivity contribution in [3.8, 4) is 0 Å². The molecule has 7 heteroatoms. The van der Waals surface area contributed by atoms with Gasteiger partial charge in [-0.3, -0.25) is 0 Å². The fraction of sp³-hybridized carbons (Fsp3) is 1.00. The molecule has 0 amide bonds. The van der Waals surface area contributed by atoms with E-state index < -0.39 is 34.6 Å². The van der Waals surface area contributed by atoms with E-state index in [1.165, 1.54) is 0 Å². The molecule has 2 heterocycles. The lowest BCUT2D eigenvalue weighted by molar-refractivity contribution is -0.172. The average Bonchev–Trinajstić information content (AvgIpc) is 2.38. The minimum absolute atomic E-state index is 0.468. The molecule has 2 saturated heterocycles. The number of hydrogen-bond donors (Lipinski definition) is 0. The Bertz CT molecular complexity index is 322. The molecule has 2 aliphatic heterocycles. The minimum atomic E-state index is -4.06. The van der Waals surface area contributed by atoms with E-state index in [2.05, 4.69) is 13.1 Å². The molecule has 0 saturated carbocycles. The van der Waals surface area contributed by atoms with E-state index in [1.54, 1.807) is 0 Å². The van der Waals surface area contributed by atoms with Crippen molar-refractivity contribution >= 4 is 18.3 Å². The molecule has 20 heavy (non-hydrogen) atoms. The molecular weight excluding hydrogens is 301 g/mol. The first kappa shape index (κ1) is 16.5. The van der Waals surface area contributed by atoms with Gasteiger partial charge in [0.15, 0.2) is 9.52 Å². The van der Waals surface area contributed by atoms with Gasteiger partial charge in [-0.1, -0.05) is 13.1 Å². The van der Waals surface area contributed by atoms with Gasteiger partial charge >= 0.3 is 5.80 Å². The number of alkyl halides is 3. The summed E-state index contributed by atoms with van der Waals surface area (Å²) in [4.78, 5) is 0. The summed E-state index contributed by atoms with van der Waals surface area (Å²) < 4.78 is 51.6. The molecule has 2 rings (SSSR count). The number of ether oxygens (including phenoxy) is 2. The second-order valence-corrected chi connectivity index (χ2v) is 12.0. The van der Waals surface area contributed by atoms with Crippen molar-refractivity contribution in [2.45, 2.75) is 67.9 Å². The number of rotatable bonds is 3. The highest BCUT2D eigenvalue weighted by atomic mass is 28.3. The lowest BCUT2D eigenvalue weighted by atomic mass is 9.96. The summed E-state index contributed by atoms with van der Waals surface area (Å²) in [6, 6.07) is 0. The van der Waals surface area contributed by atoms with E-state index in [0.717, 1.165) is 32.1 Å². The third-order valence-corrected chi connectivity index (χ3v) is 10.2. The normalized spacial score (nSPS) is 36.9. The summed E-state index contributed by atoms with van der Waals surface area (Å²) in [6.45, 7) is 5.31. The third-order valence-electron chi connectivity index (χ3n) is 4.85. The Kier molecular flexibility index (Phi) is 5.04. The Morgan fingerprint density at radius 3 is 1.95 bits per heavy atom. The van der Waals surface area contributed by atoms with Crippen LogP contribution in [0, 0.1) is 0 Å². The lowest BCUT2D eigenvalue weighted by Gasteiger charge is -2.55. The van der Waals surface area contributed by atoms with Crippen LogP contribution in [0.25, 0.3) is 0 Å². The van der Waals surface area contributed by atoms with Gasteiger partial charge in [0.05, 0.1) is 19.2 Å². The summed E-state index contributed by atoms with van der Waals surface area (Å²) in [5.41, 5.74) is 0. The molecule has 118 valence electrons. The van der Waals surface area contributed by atoms with Gasteiger partial charge in [-0.15, -0.1) is 0 Å². The minimum Gasteiger partial charge on any atom is -0.376 e. The van der Waals surface area contributed by atoms with Crippen molar-refractivity contribution in [1.29, 1.82) is 0 Å². The third kappa shape index (κ3) is 3.15. The van der Waals surface area contributed by atoms with Crippen LogP contribution in [0.2, 0.25) is 13.1 Å². The molecule has 2 fully saturated rings. The van der Waals surface area contributed by atoms with E-state index >= 15 is 0 Å². The van der Waals surface area contributed by atoms with E-state index in [-0.39, 0.29) is 0 Å². The zero-order valence-electron chi connectivity index (χ0n) is 12.4. The molecule has 2 nitrogen and oxygen atoms in total. The van der Waals surface area contributed by atoms with Crippen molar-refractivity contribution in [2.75, 3.05) is 13.2 Å². The van der Waals surface area contributed by atoms with Crippen LogP contribution >= 0.6 is 0 Å². The molecule has 0 radical (unpaired) electrons. The number of hydrogen-bond acceptors (Lipinski definition) is 2. The summed E-state index contributed by atoms with van der Waals surface area (Å²) in [5, 5.41) is -1.59. The Morgan fingerprint density at radius 2 is 1.55 bits per heavy atom. The summed E-state index contributed by atoms with van der Waals surface area (Å²) in [7, 11) is -3.79. The van der Waals surface area contributed by atoms with Gasteiger partial charge in [0.2, 0.25) is 0 Å². The first-order valence-corrected chi connectivity index (χ1v) is 12.0.